The molecule has 116 valence electrons. The van der Waals surface area contributed by atoms with Crippen molar-refractivity contribution in [1.82, 2.24) is 5.32 Å². The van der Waals surface area contributed by atoms with Gasteiger partial charge in [-0.2, -0.15) is 0 Å². The molecule has 5 nitrogen and oxygen atoms in total. The van der Waals surface area contributed by atoms with E-state index in [0.29, 0.717) is 18.4 Å². The number of guanidine groups is 1. The van der Waals surface area contributed by atoms with E-state index in [0.717, 1.165) is 16.8 Å². The molecule has 1 rings (SSSR count). The molecule has 0 aliphatic heterocycles. The Kier molecular flexibility index (Phi) is 6.21. The number of carbonyl (C=O) groups is 1. The first-order valence-electron chi connectivity index (χ1n) is 7.37. The number of aliphatic imine (C=N–C) groups is 1. The zero-order valence-electron chi connectivity index (χ0n) is 13.5. The van der Waals surface area contributed by atoms with E-state index in [1.54, 1.807) is 0 Å². The topological polar surface area (TPSA) is 79.5 Å². The van der Waals surface area contributed by atoms with Gasteiger partial charge in [0.05, 0.1) is 0 Å². The number of para-hydroxylation sites is 1. The fourth-order valence-corrected chi connectivity index (χ4v) is 2.17. The van der Waals surface area contributed by atoms with E-state index < -0.39 is 0 Å². The molecule has 0 radical (unpaired) electrons. The molecule has 0 fully saturated rings. The number of nitrogens with two attached hydrogens (primary N) is 1. The Morgan fingerprint density at radius 1 is 1.19 bits per heavy atom. The number of urea groups is 1. The first kappa shape index (κ1) is 17.0. The Bertz CT molecular complexity index is 495. The molecule has 0 spiro atoms. The van der Waals surface area contributed by atoms with Crippen LogP contribution in [0.2, 0.25) is 0 Å². The van der Waals surface area contributed by atoms with Crippen LogP contribution in [0, 0.1) is 0 Å². The third kappa shape index (κ3) is 4.77. The molecule has 0 bridgehead atoms. The number of hydrogen-bond donors (Lipinski definition) is 3. The van der Waals surface area contributed by atoms with Crippen LogP contribution in [-0.4, -0.2) is 18.5 Å². The zero-order valence-corrected chi connectivity index (χ0v) is 13.5. The molecule has 1 aromatic carbocycles. The molecule has 0 saturated carbocycles. The lowest BCUT2D eigenvalue weighted by molar-refractivity contribution is 0.256. The number of nitrogens with one attached hydrogen (secondary N) is 2. The highest BCUT2D eigenvalue weighted by molar-refractivity contribution is 6.02. The molecule has 0 saturated heterocycles. The summed E-state index contributed by atoms with van der Waals surface area (Å²) in [7, 11) is 0. The number of hydrogen-bond acceptors (Lipinski definition) is 2. The Labute approximate surface area is 127 Å². The largest absolute Gasteiger partial charge is 0.370 e. The minimum absolute atomic E-state index is 0.128. The number of anilines is 1. The van der Waals surface area contributed by atoms with E-state index in [2.05, 4.69) is 43.3 Å². The van der Waals surface area contributed by atoms with E-state index in [1.807, 2.05) is 25.1 Å². The molecule has 0 aliphatic carbocycles. The fourth-order valence-electron chi connectivity index (χ4n) is 2.17. The molecule has 0 aliphatic rings. The number of benzene rings is 1. The maximum absolute atomic E-state index is 12.1. The van der Waals surface area contributed by atoms with Crippen molar-refractivity contribution in [3.8, 4) is 0 Å². The highest BCUT2D eigenvalue weighted by atomic mass is 16.2. The van der Waals surface area contributed by atoms with Crippen LogP contribution < -0.4 is 16.4 Å². The van der Waals surface area contributed by atoms with Gasteiger partial charge in [0, 0.05) is 12.2 Å². The second-order valence-corrected chi connectivity index (χ2v) is 5.56. The highest BCUT2D eigenvalue weighted by Crippen LogP contribution is 2.32. The molecule has 4 N–H and O–H groups in total. The lowest BCUT2D eigenvalue weighted by Crippen LogP contribution is -2.40. The summed E-state index contributed by atoms with van der Waals surface area (Å²) in [6.07, 6.45) is 0. The average Bonchev–Trinajstić information content (AvgIpc) is 2.38. The lowest BCUT2D eigenvalue weighted by Gasteiger charge is -2.20. The van der Waals surface area contributed by atoms with Crippen molar-refractivity contribution in [2.24, 2.45) is 10.7 Å². The SMILES string of the molecule is CCN=C(N)NC(=O)Nc1c(C(C)C)cccc1C(C)C. The van der Waals surface area contributed by atoms with Crippen molar-refractivity contribution in [1.29, 1.82) is 0 Å². The van der Waals surface area contributed by atoms with Gasteiger partial charge in [0.2, 0.25) is 0 Å². The Hall–Kier alpha value is -2.04. The third-order valence-electron chi connectivity index (χ3n) is 3.18. The molecule has 0 atom stereocenters. The highest BCUT2D eigenvalue weighted by Gasteiger charge is 2.16. The first-order chi connectivity index (χ1) is 9.86. The zero-order chi connectivity index (χ0) is 16.0. The molecule has 21 heavy (non-hydrogen) atoms. The lowest BCUT2D eigenvalue weighted by atomic mass is 9.93. The van der Waals surface area contributed by atoms with E-state index in [-0.39, 0.29) is 12.0 Å². The summed E-state index contributed by atoms with van der Waals surface area (Å²) < 4.78 is 0. The van der Waals surface area contributed by atoms with Gasteiger partial charge in [0.1, 0.15) is 0 Å². The number of nitrogens with zero attached hydrogens (tertiary/aromatic N) is 1. The van der Waals surface area contributed by atoms with Crippen molar-refractivity contribution in [3.05, 3.63) is 29.3 Å². The second kappa shape index (κ2) is 7.67. The van der Waals surface area contributed by atoms with Gasteiger partial charge in [-0.1, -0.05) is 45.9 Å². The first-order valence-corrected chi connectivity index (χ1v) is 7.37. The number of amides is 2. The molecule has 2 amide bonds. The average molecular weight is 290 g/mol. The van der Waals surface area contributed by atoms with Gasteiger partial charge in [-0.25, -0.2) is 4.79 Å². The van der Waals surface area contributed by atoms with Gasteiger partial charge in [0.15, 0.2) is 5.96 Å². The summed E-state index contributed by atoms with van der Waals surface area (Å²) in [5, 5.41) is 5.46. The summed E-state index contributed by atoms with van der Waals surface area (Å²) in [4.78, 5) is 16.0. The molecular weight excluding hydrogens is 264 g/mol. The van der Waals surface area contributed by atoms with Gasteiger partial charge in [-0.05, 0) is 29.9 Å². The van der Waals surface area contributed by atoms with E-state index in [9.17, 15) is 4.79 Å². The van der Waals surface area contributed by atoms with Crippen molar-refractivity contribution in [2.45, 2.75) is 46.5 Å². The molecule has 1 aromatic rings. The minimum atomic E-state index is -0.361. The summed E-state index contributed by atoms with van der Waals surface area (Å²) >= 11 is 0. The van der Waals surface area contributed by atoms with Crippen LogP contribution in [0.3, 0.4) is 0 Å². The summed E-state index contributed by atoms with van der Waals surface area (Å²) in [5.41, 5.74) is 8.70. The van der Waals surface area contributed by atoms with Gasteiger partial charge in [0.25, 0.3) is 0 Å². The van der Waals surface area contributed by atoms with Gasteiger partial charge < -0.3 is 11.1 Å². The van der Waals surface area contributed by atoms with Crippen molar-refractivity contribution in [3.63, 3.8) is 0 Å². The van der Waals surface area contributed by atoms with Crippen LogP contribution in [0.1, 0.15) is 57.6 Å². The maximum Gasteiger partial charge on any atom is 0.326 e. The number of rotatable bonds is 4. The monoisotopic (exact) mass is 290 g/mol. The van der Waals surface area contributed by atoms with E-state index >= 15 is 0 Å². The fraction of sp³-hybridized carbons (Fsp3) is 0.500. The van der Waals surface area contributed by atoms with Crippen LogP contribution >= 0.6 is 0 Å². The Morgan fingerprint density at radius 3 is 2.14 bits per heavy atom. The molecule has 0 aromatic heterocycles. The van der Waals surface area contributed by atoms with Crippen LogP contribution in [0.4, 0.5) is 10.5 Å². The minimum Gasteiger partial charge on any atom is -0.370 e. The van der Waals surface area contributed by atoms with Crippen molar-refractivity contribution >= 4 is 17.7 Å². The summed E-state index contributed by atoms with van der Waals surface area (Å²) in [6.45, 7) is 10.8. The molecule has 0 unspecified atom stereocenters. The van der Waals surface area contributed by atoms with Crippen LogP contribution in [0.5, 0.6) is 0 Å². The second-order valence-electron chi connectivity index (χ2n) is 5.56. The predicted octanol–water partition coefficient (Wildman–Crippen LogP) is 3.39. The standard InChI is InChI=1S/C16H26N4O/c1-6-18-15(17)20-16(21)19-14-12(10(2)3)8-7-9-13(14)11(4)5/h7-11H,6H2,1-5H3,(H4,17,18,19,20,21). The van der Waals surface area contributed by atoms with Crippen LogP contribution in [-0.2, 0) is 0 Å². The third-order valence-corrected chi connectivity index (χ3v) is 3.18. The predicted molar refractivity (Wildman–Crippen MR) is 88.9 cm³/mol. The molecule has 5 heteroatoms. The maximum atomic E-state index is 12.1. The van der Waals surface area contributed by atoms with Gasteiger partial charge >= 0.3 is 6.03 Å². The van der Waals surface area contributed by atoms with Crippen molar-refractivity contribution < 1.29 is 4.79 Å². The molecular formula is C16H26N4O. The van der Waals surface area contributed by atoms with Gasteiger partial charge in [-0.15, -0.1) is 0 Å². The van der Waals surface area contributed by atoms with Crippen LogP contribution in [0.15, 0.2) is 23.2 Å². The summed E-state index contributed by atoms with van der Waals surface area (Å²) in [6, 6.07) is 5.74. The Balaban J connectivity index is 3.05. The summed E-state index contributed by atoms with van der Waals surface area (Å²) in [5.74, 6) is 0.768. The quantitative estimate of drug-likeness (QED) is 0.587. The number of carbonyl (C=O) groups excluding carboxylic acids is 1. The molecule has 0 heterocycles. The van der Waals surface area contributed by atoms with Gasteiger partial charge in [-0.3, -0.25) is 10.3 Å². The van der Waals surface area contributed by atoms with Crippen LogP contribution in [0.25, 0.3) is 0 Å². The van der Waals surface area contributed by atoms with E-state index in [1.165, 1.54) is 0 Å². The normalized spacial score (nSPS) is 11.9. The van der Waals surface area contributed by atoms with E-state index in [4.69, 9.17) is 5.73 Å². The van der Waals surface area contributed by atoms with Crippen molar-refractivity contribution in [2.75, 3.05) is 11.9 Å². The Morgan fingerprint density at radius 2 is 1.71 bits per heavy atom. The smallest absolute Gasteiger partial charge is 0.326 e.